The Morgan fingerprint density at radius 3 is 1.86 bits per heavy atom. The number of phenols is 1. The van der Waals surface area contributed by atoms with Gasteiger partial charge in [-0.2, -0.15) is 0 Å². The van der Waals surface area contributed by atoms with Crippen LogP contribution in [-0.2, 0) is 23.2 Å². The summed E-state index contributed by atoms with van der Waals surface area (Å²) in [6.45, 7) is 4.45. The van der Waals surface area contributed by atoms with E-state index in [0.717, 1.165) is 24.0 Å². The molecule has 0 radical (unpaired) electrons. The molecule has 2 rings (SSSR count). The van der Waals surface area contributed by atoms with Crippen LogP contribution < -0.4 is 59.1 Å². The molecule has 0 heterocycles. The van der Waals surface area contributed by atoms with Gasteiger partial charge in [0.25, 0.3) is 0 Å². The first-order valence-corrected chi connectivity index (χ1v) is 10.2. The molecule has 8 heteroatoms. The van der Waals surface area contributed by atoms with Crippen LogP contribution in [0.25, 0.3) is 11.1 Å². The van der Waals surface area contributed by atoms with Crippen molar-refractivity contribution in [3.8, 4) is 16.9 Å². The first kappa shape index (κ1) is 30.3. The van der Waals surface area contributed by atoms with E-state index in [0.29, 0.717) is 5.75 Å². The largest absolute Gasteiger partial charge is 1.00 e. The third-order valence-electron chi connectivity index (χ3n) is 4.03. The van der Waals surface area contributed by atoms with Gasteiger partial charge in [0.1, 0.15) is 5.75 Å². The summed E-state index contributed by atoms with van der Waals surface area (Å²) in [5.74, 6) is 0.410. The molecular weight excluding hydrogens is 398 g/mol. The second kappa shape index (κ2) is 15.9. The molecule has 0 amide bonds. The van der Waals surface area contributed by atoms with Crippen molar-refractivity contribution in [2.24, 2.45) is 0 Å². The number of aromatic hydroxyl groups is 1. The first-order chi connectivity index (χ1) is 12.3. The third kappa shape index (κ3) is 12.0. The van der Waals surface area contributed by atoms with Crippen LogP contribution in [0.1, 0.15) is 50.7 Å². The van der Waals surface area contributed by atoms with E-state index in [1.54, 1.807) is 0 Å². The van der Waals surface area contributed by atoms with Crippen molar-refractivity contribution in [3.63, 3.8) is 0 Å². The smallest absolute Gasteiger partial charge is 0.759 e. The van der Waals surface area contributed by atoms with Gasteiger partial charge in [-0.1, -0.05) is 63.1 Å². The number of benzene rings is 2. The van der Waals surface area contributed by atoms with Crippen molar-refractivity contribution < 1.29 is 81.7 Å². The average Bonchev–Trinajstić information content (AvgIpc) is 2.58. The standard InChI is InChI=1S/C20H26O.2Na.H2O4S/c1-3-5-10-16-14-15-19(21)20(18(16)13-6-4-2)17-11-8-7-9-12-17;;;1-5(2,3)4/h7-9,11-12,14-15,21H,3-6,10,13H2,1-2H3;;;(H2,1,2,3,4)/q;2*+1;/p-2. The summed E-state index contributed by atoms with van der Waals surface area (Å²) in [6, 6.07) is 14.3. The van der Waals surface area contributed by atoms with Gasteiger partial charge in [0.05, 0.1) is 0 Å². The van der Waals surface area contributed by atoms with Crippen molar-refractivity contribution in [3.05, 3.63) is 53.6 Å². The van der Waals surface area contributed by atoms with Crippen LogP contribution >= 0.6 is 0 Å². The summed E-state index contributed by atoms with van der Waals surface area (Å²) in [4.78, 5) is 0. The minimum atomic E-state index is -5.17. The molecule has 2 aromatic rings. The van der Waals surface area contributed by atoms with Crippen LogP contribution in [0.4, 0.5) is 0 Å². The number of hydrogen-bond acceptors (Lipinski definition) is 5. The first-order valence-electron chi connectivity index (χ1n) is 8.83. The Kier molecular flexibility index (Phi) is 17.2. The van der Waals surface area contributed by atoms with Gasteiger partial charge in [0, 0.05) is 16.0 Å². The second-order valence-corrected chi connectivity index (χ2v) is 6.90. The maximum absolute atomic E-state index is 10.4. The van der Waals surface area contributed by atoms with Gasteiger partial charge >= 0.3 is 59.1 Å². The molecule has 0 saturated carbocycles. The Bertz CT molecular complexity index is 773. The molecule has 2 aromatic carbocycles. The fourth-order valence-corrected chi connectivity index (χ4v) is 2.85. The maximum Gasteiger partial charge on any atom is 1.00 e. The molecule has 1 N–H and O–H groups in total. The molecular formula is C20H26Na2O5S. The van der Waals surface area contributed by atoms with E-state index in [9.17, 15) is 5.11 Å². The summed E-state index contributed by atoms with van der Waals surface area (Å²) in [7, 11) is -5.17. The Hall–Kier alpha value is 0.110. The summed E-state index contributed by atoms with van der Waals surface area (Å²) in [5.41, 5.74) is 4.91. The average molecular weight is 424 g/mol. The molecule has 28 heavy (non-hydrogen) atoms. The van der Waals surface area contributed by atoms with Crippen molar-refractivity contribution in [2.45, 2.75) is 52.4 Å². The van der Waals surface area contributed by atoms with E-state index in [4.69, 9.17) is 17.5 Å². The summed E-state index contributed by atoms with van der Waals surface area (Å²) >= 11 is 0. The van der Waals surface area contributed by atoms with Crippen LogP contribution in [0.5, 0.6) is 5.75 Å². The van der Waals surface area contributed by atoms with Gasteiger partial charge in [0.2, 0.25) is 0 Å². The molecule has 0 aliphatic rings. The molecule has 0 aromatic heterocycles. The zero-order valence-electron chi connectivity index (χ0n) is 17.3. The van der Waals surface area contributed by atoms with E-state index in [1.165, 1.54) is 36.8 Å². The van der Waals surface area contributed by atoms with Gasteiger partial charge in [0.15, 0.2) is 0 Å². The normalized spacial score (nSPS) is 10.1. The van der Waals surface area contributed by atoms with Crippen molar-refractivity contribution in [2.75, 3.05) is 0 Å². The van der Waals surface area contributed by atoms with Gasteiger partial charge in [-0.3, -0.25) is 8.42 Å². The van der Waals surface area contributed by atoms with Gasteiger partial charge in [-0.05, 0) is 48.4 Å². The van der Waals surface area contributed by atoms with Crippen LogP contribution in [0.15, 0.2) is 42.5 Å². The van der Waals surface area contributed by atoms with E-state index >= 15 is 0 Å². The molecule has 5 nitrogen and oxygen atoms in total. The quantitative estimate of drug-likeness (QED) is 0.328. The van der Waals surface area contributed by atoms with Gasteiger partial charge in [-0.25, -0.2) is 0 Å². The summed E-state index contributed by atoms with van der Waals surface area (Å²) < 4.78 is 34.1. The summed E-state index contributed by atoms with van der Waals surface area (Å²) in [6.07, 6.45) is 6.91. The molecule has 0 bridgehead atoms. The van der Waals surface area contributed by atoms with Gasteiger partial charge in [-0.15, -0.1) is 0 Å². The Morgan fingerprint density at radius 1 is 0.857 bits per heavy atom. The molecule has 0 spiro atoms. The van der Waals surface area contributed by atoms with E-state index in [-0.39, 0.29) is 59.1 Å². The van der Waals surface area contributed by atoms with Crippen molar-refractivity contribution in [1.82, 2.24) is 0 Å². The predicted molar refractivity (Wildman–Crippen MR) is 101 cm³/mol. The van der Waals surface area contributed by atoms with Crippen LogP contribution in [0.3, 0.4) is 0 Å². The predicted octanol–water partition coefficient (Wildman–Crippen LogP) is -1.59. The number of hydrogen-bond donors (Lipinski definition) is 1. The van der Waals surface area contributed by atoms with E-state index in [2.05, 4.69) is 32.0 Å². The minimum absolute atomic E-state index is 0. The molecule has 0 aliphatic heterocycles. The van der Waals surface area contributed by atoms with E-state index < -0.39 is 10.4 Å². The maximum atomic E-state index is 10.4. The number of aryl methyl sites for hydroxylation is 1. The van der Waals surface area contributed by atoms with Gasteiger partial charge < -0.3 is 14.2 Å². The number of rotatable bonds is 7. The Morgan fingerprint density at radius 2 is 1.36 bits per heavy atom. The van der Waals surface area contributed by atoms with Crippen molar-refractivity contribution in [1.29, 1.82) is 0 Å². The molecule has 0 unspecified atom stereocenters. The summed E-state index contributed by atoms with van der Waals surface area (Å²) in [5, 5.41) is 10.4. The molecule has 0 atom stereocenters. The van der Waals surface area contributed by atoms with E-state index in [1.807, 2.05) is 24.3 Å². The fraction of sp³-hybridized carbons (Fsp3) is 0.400. The minimum Gasteiger partial charge on any atom is -0.759 e. The fourth-order valence-electron chi connectivity index (χ4n) is 2.85. The number of phenolic OH excluding ortho intramolecular Hbond substituents is 1. The third-order valence-corrected chi connectivity index (χ3v) is 4.03. The zero-order chi connectivity index (χ0) is 19.6. The number of unbranched alkanes of at least 4 members (excludes halogenated alkanes) is 2. The molecule has 144 valence electrons. The Balaban J connectivity index is 0. The Labute approximate surface area is 213 Å². The SMILES string of the molecule is CCCCc1ccc(O)c(-c2ccccc2)c1CCCC.O=S(=O)([O-])[O-].[Na+].[Na+]. The molecule has 0 aliphatic carbocycles. The monoisotopic (exact) mass is 424 g/mol. The van der Waals surface area contributed by atoms with Crippen molar-refractivity contribution >= 4 is 10.4 Å². The molecule has 0 saturated heterocycles. The zero-order valence-corrected chi connectivity index (χ0v) is 22.1. The van der Waals surface area contributed by atoms with Crippen LogP contribution in [-0.4, -0.2) is 22.6 Å². The second-order valence-electron chi connectivity index (χ2n) is 6.08. The topological polar surface area (TPSA) is 100 Å². The molecule has 0 fully saturated rings. The van der Waals surface area contributed by atoms with Crippen LogP contribution in [0.2, 0.25) is 0 Å². The van der Waals surface area contributed by atoms with Crippen LogP contribution in [0, 0.1) is 0 Å².